The lowest BCUT2D eigenvalue weighted by Crippen LogP contribution is -2.37. The van der Waals surface area contributed by atoms with Gasteiger partial charge in [0.2, 0.25) is 0 Å². The summed E-state index contributed by atoms with van der Waals surface area (Å²) in [4.78, 5) is 0. The van der Waals surface area contributed by atoms with Crippen molar-refractivity contribution in [1.29, 1.82) is 0 Å². The standard InChI is InChI=1S/C15H23N3/c1-11(15(2,3)4)16-10-13-12-8-6-7-9-14(12)18(5)17-13/h6-9,11,16H,10H2,1-5H3. The molecule has 1 atom stereocenters. The summed E-state index contributed by atoms with van der Waals surface area (Å²) >= 11 is 0. The molecule has 0 aliphatic heterocycles. The number of benzene rings is 1. The molecule has 1 heterocycles. The molecular formula is C15H23N3. The van der Waals surface area contributed by atoms with E-state index in [0.29, 0.717) is 6.04 Å². The molecule has 0 spiro atoms. The van der Waals surface area contributed by atoms with Crippen LogP contribution in [-0.4, -0.2) is 15.8 Å². The van der Waals surface area contributed by atoms with Gasteiger partial charge in [-0.3, -0.25) is 4.68 Å². The van der Waals surface area contributed by atoms with Gasteiger partial charge in [-0.25, -0.2) is 0 Å². The number of para-hydroxylation sites is 1. The van der Waals surface area contributed by atoms with Crippen molar-refractivity contribution in [2.75, 3.05) is 0 Å². The van der Waals surface area contributed by atoms with Gasteiger partial charge in [0.25, 0.3) is 0 Å². The average Bonchev–Trinajstić information content (AvgIpc) is 2.63. The zero-order valence-corrected chi connectivity index (χ0v) is 12.0. The second-order valence-corrected chi connectivity index (χ2v) is 6.06. The number of hydrogen-bond acceptors (Lipinski definition) is 2. The summed E-state index contributed by atoms with van der Waals surface area (Å²) in [5.74, 6) is 0. The van der Waals surface area contributed by atoms with Gasteiger partial charge in [0.15, 0.2) is 0 Å². The average molecular weight is 245 g/mol. The Labute approximate surface area is 109 Å². The minimum atomic E-state index is 0.268. The Balaban J connectivity index is 2.18. The smallest absolute Gasteiger partial charge is 0.0841 e. The normalized spacial score (nSPS) is 14.1. The number of nitrogens with zero attached hydrogens (tertiary/aromatic N) is 2. The number of hydrogen-bond donors (Lipinski definition) is 1. The SMILES string of the molecule is CC(NCc1nn(C)c2ccccc12)C(C)(C)C. The van der Waals surface area contributed by atoms with Crippen LogP contribution >= 0.6 is 0 Å². The van der Waals surface area contributed by atoms with Gasteiger partial charge in [-0.2, -0.15) is 5.10 Å². The van der Waals surface area contributed by atoms with Crippen LogP contribution in [0.2, 0.25) is 0 Å². The van der Waals surface area contributed by atoms with Crippen LogP contribution in [0.4, 0.5) is 0 Å². The Morgan fingerprint density at radius 3 is 2.61 bits per heavy atom. The van der Waals surface area contributed by atoms with Crippen molar-refractivity contribution in [3.05, 3.63) is 30.0 Å². The third-order valence-electron chi connectivity index (χ3n) is 3.71. The Hall–Kier alpha value is -1.35. The van der Waals surface area contributed by atoms with Crippen LogP contribution in [0.1, 0.15) is 33.4 Å². The summed E-state index contributed by atoms with van der Waals surface area (Å²) in [6.07, 6.45) is 0. The zero-order chi connectivity index (χ0) is 13.3. The molecule has 1 aromatic heterocycles. The van der Waals surface area contributed by atoms with Crippen LogP contribution < -0.4 is 5.32 Å². The predicted octanol–water partition coefficient (Wildman–Crippen LogP) is 3.10. The minimum Gasteiger partial charge on any atom is -0.308 e. The Kier molecular flexibility index (Phi) is 3.44. The monoisotopic (exact) mass is 245 g/mol. The fourth-order valence-corrected chi connectivity index (χ4v) is 1.98. The van der Waals surface area contributed by atoms with E-state index in [1.54, 1.807) is 0 Å². The van der Waals surface area contributed by atoms with Gasteiger partial charge in [-0.05, 0) is 18.4 Å². The summed E-state index contributed by atoms with van der Waals surface area (Å²) in [5, 5.41) is 9.41. The van der Waals surface area contributed by atoms with Crippen molar-refractivity contribution in [3.63, 3.8) is 0 Å². The molecule has 0 saturated carbocycles. The van der Waals surface area contributed by atoms with Gasteiger partial charge in [-0.15, -0.1) is 0 Å². The third kappa shape index (κ3) is 2.56. The van der Waals surface area contributed by atoms with Crippen molar-refractivity contribution in [1.82, 2.24) is 15.1 Å². The molecule has 1 aromatic carbocycles. The van der Waals surface area contributed by atoms with E-state index in [0.717, 1.165) is 12.2 Å². The molecule has 0 saturated heterocycles. The van der Waals surface area contributed by atoms with E-state index in [1.165, 1.54) is 10.9 Å². The molecular weight excluding hydrogens is 222 g/mol. The molecule has 0 aliphatic carbocycles. The van der Waals surface area contributed by atoms with Gasteiger partial charge in [0.1, 0.15) is 0 Å². The van der Waals surface area contributed by atoms with Crippen molar-refractivity contribution >= 4 is 10.9 Å². The Morgan fingerprint density at radius 1 is 1.28 bits per heavy atom. The van der Waals surface area contributed by atoms with Crippen molar-refractivity contribution in [2.45, 2.75) is 40.3 Å². The van der Waals surface area contributed by atoms with Crippen molar-refractivity contribution in [2.24, 2.45) is 12.5 Å². The molecule has 1 N–H and O–H groups in total. The van der Waals surface area contributed by atoms with Crippen LogP contribution in [0, 0.1) is 5.41 Å². The second-order valence-electron chi connectivity index (χ2n) is 6.06. The van der Waals surface area contributed by atoms with Gasteiger partial charge in [0, 0.05) is 25.0 Å². The van der Waals surface area contributed by atoms with Crippen LogP contribution in [0.3, 0.4) is 0 Å². The topological polar surface area (TPSA) is 29.9 Å². The number of nitrogens with one attached hydrogen (secondary N) is 1. The van der Waals surface area contributed by atoms with Gasteiger partial charge < -0.3 is 5.32 Å². The lowest BCUT2D eigenvalue weighted by Gasteiger charge is -2.28. The molecule has 0 fully saturated rings. The van der Waals surface area contributed by atoms with E-state index in [4.69, 9.17) is 0 Å². The molecule has 18 heavy (non-hydrogen) atoms. The number of aromatic nitrogens is 2. The first-order valence-corrected chi connectivity index (χ1v) is 6.53. The summed E-state index contributed by atoms with van der Waals surface area (Å²) < 4.78 is 1.95. The highest BCUT2D eigenvalue weighted by molar-refractivity contribution is 5.81. The highest BCUT2D eigenvalue weighted by atomic mass is 15.3. The van der Waals surface area contributed by atoms with Crippen molar-refractivity contribution < 1.29 is 0 Å². The molecule has 1 unspecified atom stereocenters. The van der Waals surface area contributed by atoms with E-state index in [2.05, 4.69) is 62.4 Å². The van der Waals surface area contributed by atoms with E-state index in [1.807, 2.05) is 11.7 Å². The van der Waals surface area contributed by atoms with Crippen LogP contribution in [0.25, 0.3) is 10.9 Å². The molecule has 3 nitrogen and oxygen atoms in total. The van der Waals surface area contributed by atoms with E-state index in [-0.39, 0.29) is 5.41 Å². The molecule has 2 rings (SSSR count). The van der Waals surface area contributed by atoms with Gasteiger partial charge in [0.05, 0.1) is 11.2 Å². The number of rotatable bonds is 3. The third-order valence-corrected chi connectivity index (χ3v) is 3.71. The fourth-order valence-electron chi connectivity index (χ4n) is 1.98. The predicted molar refractivity (Wildman–Crippen MR) is 76.5 cm³/mol. The maximum absolute atomic E-state index is 4.60. The van der Waals surface area contributed by atoms with Gasteiger partial charge in [-0.1, -0.05) is 39.0 Å². The quantitative estimate of drug-likeness (QED) is 0.900. The molecule has 3 heteroatoms. The minimum absolute atomic E-state index is 0.268. The van der Waals surface area contributed by atoms with Crippen LogP contribution in [0.5, 0.6) is 0 Å². The Bertz CT molecular complexity index is 534. The van der Waals surface area contributed by atoms with E-state index < -0.39 is 0 Å². The first-order valence-electron chi connectivity index (χ1n) is 6.53. The van der Waals surface area contributed by atoms with Gasteiger partial charge >= 0.3 is 0 Å². The highest BCUT2D eigenvalue weighted by Crippen LogP contribution is 2.21. The maximum Gasteiger partial charge on any atom is 0.0841 e. The van der Waals surface area contributed by atoms with E-state index in [9.17, 15) is 0 Å². The summed E-state index contributed by atoms with van der Waals surface area (Å²) in [7, 11) is 2.00. The lowest BCUT2D eigenvalue weighted by atomic mass is 9.88. The molecule has 0 bridgehead atoms. The molecule has 2 aromatic rings. The van der Waals surface area contributed by atoms with E-state index >= 15 is 0 Å². The molecule has 0 aliphatic rings. The number of aryl methyl sites for hydroxylation is 1. The second kappa shape index (κ2) is 4.73. The maximum atomic E-state index is 4.60. The Morgan fingerprint density at radius 2 is 1.94 bits per heavy atom. The fraction of sp³-hybridized carbons (Fsp3) is 0.533. The molecule has 0 amide bonds. The van der Waals surface area contributed by atoms with Crippen LogP contribution in [0.15, 0.2) is 24.3 Å². The lowest BCUT2D eigenvalue weighted by molar-refractivity contribution is 0.284. The first-order chi connectivity index (χ1) is 8.39. The van der Waals surface area contributed by atoms with Crippen LogP contribution in [-0.2, 0) is 13.6 Å². The van der Waals surface area contributed by atoms with Crippen molar-refractivity contribution in [3.8, 4) is 0 Å². The highest BCUT2D eigenvalue weighted by Gasteiger charge is 2.20. The summed E-state index contributed by atoms with van der Waals surface area (Å²) in [6.45, 7) is 9.80. The molecule has 98 valence electrons. The summed E-state index contributed by atoms with van der Waals surface area (Å²) in [5.41, 5.74) is 2.59. The summed E-state index contributed by atoms with van der Waals surface area (Å²) in [6, 6.07) is 8.83. The largest absolute Gasteiger partial charge is 0.308 e. The zero-order valence-electron chi connectivity index (χ0n) is 12.0. The molecule has 0 radical (unpaired) electrons. The first kappa shape index (κ1) is 13.1. The number of fused-ring (bicyclic) bond motifs is 1.